The van der Waals surface area contributed by atoms with Crippen molar-refractivity contribution in [2.24, 2.45) is 0 Å². The molecule has 0 aliphatic heterocycles. The maximum Gasteiger partial charge on any atom is 0.335 e. The monoisotopic (exact) mass is 349 g/mol. The predicted molar refractivity (Wildman–Crippen MR) is 85.3 cm³/mol. The lowest BCUT2D eigenvalue weighted by molar-refractivity contribution is -0.138. The molecule has 24 heavy (non-hydrogen) atoms. The summed E-state index contributed by atoms with van der Waals surface area (Å²) >= 11 is 0. The van der Waals surface area contributed by atoms with Crippen LogP contribution in [0, 0.1) is 0 Å². The molecule has 0 heterocycles. The standard InChI is InChI=1S/C16H15NO6S/c18-15(19)12-6-8-13(9-7-12)24(22,23)17-14(16(20)21)10-11-4-2-1-3-5-11/h1-9,14,17H,10H2,(H,18,19)(H,20,21). The number of hydrogen-bond donors (Lipinski definition) is 3. The first-order valence-electron chi connectivity index (χ1n) is 6.92. The molecular weight excluding hydrogens is 334 g/mol. The highest BCUT2D eigenvalue weighted by atomic mass is 32.2. The van der Waals surface area contributed by atoms with E-state index in [0.29, 0.717) is 5.56 Å². The first kappa shape index (κ1) is 17.6. The SMILES string of the molecule is O=C(O)c1ccc(S(=O)(=O)NC(Cc2ccccc2)C(=O)O)cc1. The summed E-state index contributed by atoms with van der Waals surface area (Å²) in [7, 11) is -4.09. The predicted octanol–water partition coefficient (Wildman–Crippen LogP) is 1.36. The van der Waals surface area contributed by atoms with Crippen LogP contribution in [0.15, 0.2) is 59.5 Å². The highest BCUT2D eigenvalue weighted by Crippen LogP contribution is 2.13. The van der Waals surface area contributed by atoms with Gasteiger partial charge in [0.05, 0.1) is 10.5 Å². The van der Waals surface area contributed by atoms with Crippen molar-refractivity contribution in [2.45, 2.75) is 17.4 Å². The van der Waals surface area contributed by atoms with E-state index in [2.05, 4.69) is 4.72 Å². The average Bonchev–Trinajstić information content (AvgIpc) is 2.55. The van der Waals surface area contributed by atoms with Crippen LogP contribution in [0.2, 0.25) is 0 Å². The Balaban J connectivity index is 2.21. The third kappa shape index (κ3) is 4.40. The zero-order valence-corrected chi connectivity index (χ0v) is 13.2. The van der Waals surface area contributed by atoms with Crippen molar-refractivity contribution < 1.29 is 28.2 Å². The van der Waals surface area contributed by atoms with E-state index in [1.807, 2.05) is 0 Å². The van der Waals surface area contributed by atoms with Crippen molar-refractivity contribution in [1.82, 2.24) is 4.72 Å². The van der Waals surface area contributed by atoms with Crippen molar-refractivity contribution in [2.75, 3.05) is 0 Å². The quantitative estimate of drug-likeness (QED) is 0.694. The summed E-state index contributed by atoms with van der Waals surface area (Å²) in [6, 6.07) is 11.8. The van der Waals surface area contributed by atoms with Gasteiger partial charge in [-0.2, -0.15) is 4.72 Å². The number of aliphatic carboxylic acids is 1. The first-order valence-corrected chi connectivity index (χ1v) is 8.40. The summed E-state index contributed by atoms with van der Waals surface area (Å²) in [6.45, 7) is 0. The normalized spacial score (nSPS) is 12.5. The number of sulfonamides is 1. The van der Waals surface area contributed by atoms with E-state index in [4.69, 9.17) is 5.11 Å². The minimum absolute atomic E-state index is 0.0113. The molecule has 0 radical (unpaired) electrons. The fraction of sp³-hybridized carbons (Fsp3) is 0.125. The van der Waals surface area contributed by atoms with Crippen LogP contribution in [-0.4, -0.2) is 36.6 Å². The largest absolute Gasteiger partial charge is 0.480 e. The first-order chi connectivity index (χ1) is 11.3. The molecule has 0 aliphatic carbocycles. The maximum atomic E-state index is 12.3. The molecule has 2 aromatic carbocycles. The van der Waals surface area contributed by atoms with Gasteiger partial charge in [-0.15, -0.1) is 0 Å². The van der Waals surface area contributed by atoms with Gasteiger partial charge in [0.1, 0.15) is 6.04 Å². The Morgan fingerprint density at radius 2 is 1.54 bits per heavy atom. The van der Waals surface area contributed by atoms with Gasteiger partial charge in [0, 0.05) is 0 Å². The zero-order chi connectivity index (χ0) is 17.7. The number of carboxylic acid groups (broad SMARTS) is 2. The van der Waals surface area contributed by atoms with Gasteiger partial charge in [-0.3, -0.25) is 4.79 Å². The van der Waals surface area contributed by atoms with Gasteiger partial charge in [0.25, 0.3) is 0 Å². The minimum atomic E-state index is -4.09. The lowest BCUT2D eigenvalue weighted by Crippen LogP contribution is -2.42. The van der Waals surface area contributed by atoms with Gasteiger partial charge in [-0.05, 0) is 36.2 Å². The van der Waals surface area contributed by atoms with Crippen molar-refractivity contribution in [3.05, 3.63) is 65.7 Å². The van der Waals surface area contributed by atoms with Crippen molar-refractivity contribution >= 4 is 22.0 Å². The summed E-state index contributed by atoms with van der Waals surface area (Å²) in [6.07, 6.45) is -0.0113. The molecule has 7 nitrogen and oxygen atoms in total. The van der Waals surface area contributed by atoms with Gasteiger partial charge in [-0.1, -0.05) is 30.3 Å². The molecule has 0 saturated carbocycles. The highest BCUT2D eigenvalue weighted by molar-refractivity contribution is 7.89. The highest BCUT2D eigenvalue weighted by Gasteiger charge is 2.25. The smallest absolute Gasteiger partial charge is 0.335 e. The molecule has 2 aromatic rings. The van der Waals surface area contributed by atoms with E-state index in [-0.39, 0.29) is 16.9 Å². The lowest BCUT2D eigenvalue weighted by atomic mass is 10.1. The topological polar surface area (TPSA) is 121 Å². The number of rotatable bonds is 7. The van der Waals surface area contributed by atoms with E-state index in [1.165, 1.54) is 0 Å². The van der Waals surface area contributed by atoms with Crippen molar-refractivity contribution in [1.29, 1.82) is 0 Å². The fourth-order valence-electron chi connectivity index (χ4n) is 2.06. The molecule has 0 amide bonds. The molecule has 0 bridgehead atoms. The number of hydrogen-bond acceptors (Lipinski definition) is 4. The number of benzene rings is 2. The Hall–Kier alpha value is -2.71. The van der Waals surface area contributed by atoms with Gasteiger partial charge in [0.2, 0.25) is 10.0 Å². The molecule has 0 aliphatic rings. The molecule has 0 fully saturated rings. The molecular formula is C16H15NO6S. The van der Waals surface area contributed by atoms with Crippen LogP contribution < -0.4 is 4.72 Å². The van der Waals surface area contributed by atoms with Gasteiger partial charge in [-0.25, -0.2) is 13.2 Å². The van der Waals surface area contributed by atoms with Crippen LogP contribution in [0.5, 0.6) is 0 Å². The van der Waals surface area contributed by atoms with E-state index < -0.39 is 28.0 Å². The van der Waals surface area contributed by atoms with Crippen LogP contribution in [0.3, 0.4) is 0 Å². The number of carbonyl (C=O) groups is 2. The van der Waals surface area contributed by atoms with Crippen LogP contribution in [-0.2, 0) is 21.2 Å². The van der Waals surface area contributed by atoms with Crippen LogP contribution in [0.25, 0.3) is 0 Å². The third-order valence-electron chi connectivity index (χ3n) is 3.29. The Morgan fingerprint density at radius 1 is 0.958 bits per heavy atom. The zero-order valence-electron chi connectivity index (χ0n) is 12.4. The van der Waals surface area contributed by atoms with E-state index in [1.54, 1.807) is 30.3 Å². The van der Waals surface area contributed by atoms with Crippen molar-refractivity contribution in [3.63, 3.8) is 0 Å². The van der Waals surface area contributed by atoms with Crippen LogP contribution >= 0.6 is 0 Å². The second-order valence-corrected chi connectivity index (χ2v) is 6.75. The van der Waals surface area contributed by atoms with E-state index >= 15 is 0 Å². The second kappa shape index (κ2) is 7.24. The number of aromatic carboxylic acids is 1. The maximum absolute atomic E-state index is 12.3. The van der Waals surface area contributed by atoms with Gasteiger partial charge >= 0.3 is 11.9 Å². The summed E-state index contributed by atoms with van der Waals surface area (Å²) in [5.74, 6) is -2.48. The van der Waals surface area contributed by atoms with E-state index in [9.17, 15) is 23.1 Å². The summed E-state index contributed by atoms with van der Waals surface area (Å²) in [5.41, 5.74) is 0.613. The molecule has 2 rings (SSSR count). The Labute approximate surface area is 138 Å². The molecule has 3 N–H and O–H groups in total. The van der Waals surface area contributed by atoms with Gasteiger partial charge in [0.15, 0.2) is 0 Å². The molecule has 1 unspecified atom stereocenters. The summed E-state index contributed by atoms with van der Waals surface area (Å²) in [5, 5.41) is 18.1. The average molecular weight is 349 g/mol. The molecule has 0 aromatic heterocycles. The number of carboxylic acids is 2. The minimum Gasteiger partial charge on any atom is -0.480 e. The molecule has 0 spiro atoms. The van der Waals surface area contributed by atoms with E-state index in [0.717, 1.165) is 24.3 Å². The van der Waals surface area contributed by atoms with Crippen molar-refractivity contribution in [3.8, 4) is 0 Å². The lowest BCUT2D eigenvalue weighted by Gasteiger charge is -2.15. The Morgan fingerprint density at radius 3 is 2.04 bits per heavy atom. The fourth-order valence-corrected chi connectivity index (χ4v) is 3.25. The van der Waals surface area contributed by atoms with Crippen LogP contribution in [0.1, 0.15) is 15.9 Å². The Bertz CT molecular complexity index is 831. The second-order valence-electron chi connectivity index (χ2n) is 5.03. The molecule has 1 atom stereocenters. The number of nitrogens with one attached hydrogen (secondary N) is 1. The summed E-state index contributed by atoms with van der Waals surface area (Å²) in [4.78, 5) is 21.9. The molecule has 126 valence electrons. The molecule has 0 saturated heterocycles. The summed E-state index contributed by atoms with van der Waals surface area (Å²) < 4.78 is 26.7. The van der Waals surface area contributed by atoms with Crippen LogP contribution in [0.4, 0.5) is 0 Å². The Kier molecular flexibility index (Phi) is 5.32. The van der Waals surface area contributed by atoms with Gasteiger partial charge < -0.3 is 10.2 Å². The molecule has 8 heteroatoms. The third-order valence-corrected chi connectivity index (χ3v) is 4.78.